The highest BCUT2D eigenvalue weighted by Crippen LogP contribution is 2.44. The Labute approximate surface area is 337 Å². The fraction of sp³-hybridized carbons (Fsp3) is 0. The first-order valence-electron chi connectivity index (χ1n) is 19.8. The number of benzene rings is 10. The Morgan fingerprint density at radius 3 is 1.59 bits per heavy atom. The fourth-order valence-electron chi connectivity index (χ4n) is 8.51. The second-order valence-corrected chi connectivity index (χ2v) is 14.9. The Hall–Kier alpha value is -7.68. The van der Waals surface area contributed by atoms with E-state index in [1.165, 1.54) is 43.8 Å². The van der Waals surface area contributed by atoms with E-state index >= 15 is 0 Å². The lowest BCUT2D eigenvalue weighted by Gasteiger charge is -2.28. The molecule has 2 heteroatoms. The van der Waals surface area contributed by atoms with Gasteiger partial charge < -0.3 is 9.32 Å². The van der Waals surface area contributed by atoms with Gasteiger partial charge in [0.25, 0.3) is 0 Å². The van der Waals surface area contributed by atoms with Gasteiger partial charge in [-0.2, -0.15) is 0 Å². The van der Waals surface area contributed by atoms with Crippen LogP contribution in [0, 0.1) is 0 Å². The summed E-state index contributed by atoms with van der Waals surface area (Å²) >= 11 is 0. The SMILES string of the molecule is c1cc(-c2ccc(-c3ccc4ccccc4c3)cc2)cc(N(c2ccc(-c3cccc4c3oc3ccccc34)cc2)c2ccccc2-c2ccc3ccccc3c2)c1. The molecule has 11 rings (SSSR count). The number of fused-ring (bicyclic) bond motifs is 5. The minimum absolute atomic E-state index is 0.904. The van der Waals surface area contributed by atoms with E-state index in [0.29, 0.717) is 0 Å². The summed E-state index contributed by atoms with van der Waals surface area (Å²) in [6.45, 7) is 0. The van der Waals surface area contributed by atoms with E-state index in [1.54, 1.807) is 0 Å². The fourth-order valence-corrected chi connectivity index (χ4v) is 8.51. The first-order chi connectivity index (χ1) is 28.7. The van der Waals surface area contributed by atoms with Crippen LogP contribution in [0.15, 0.2) is 229 Å². The molecular formula is C56H37NO. The van der Waals surface area contributed by atoms with E-state index in [2.05, 4.69) is 217 Å². The van der Waals surface area contributed by atoms with Crippen LogP contribution in [0.5, 0.6) is 0 Å². The monoisotopic (exact) mass is 739 g/mol. The molecule has 0 atom stereocenters. The highest BCUT2D eigenvalue weighted by atomic mass is 16.3. The maximum absolute atomic E-state index is 6.44. The van der Waals surface area contributed by atoms with Gasteiger partial charge in [-0.15, -0.1) is 0 Å². The van der Waals surface area contributed by atoms with Gasteiger partial charge in [0.2, 0.25) is 0 Å². The van der Waals surface area contributed by atoms with Gasteiger partial charge in [-0.05, 0) is 103 Å². The normalized spacial score (nSPS) is 11.4. The topological polar surface area (TPSA) is 16.4 Å². The lowest BCUT2D eigenvalue weighted by Crippen LogP contribution is -2.11. The third-order valence-corrected chi connectivity index (χ3v) is 11.5. The van der Waals surface area contributed by atoms with Crippen LogP contribution in [-0.2, 0) is 0 Å². The molecule has 58 heavy (non-hydrogen) atoms. The number of para-hydroxylation sites is 3. The Bertz CT molecular complexity index is 3280. The van der Waals surface area contributed by atoms with Crippen LogP contribution in [0.2, 0.25) is 0 Å². The molecule has 0 radical (unpaired) electrons. The molecule has 0 bridgehead atoms. The summed E-state index contributed by atoms with van der Waals surface area (Å²) in [6.07, 6.45) is 0. The van der Waals surface area contributed by atoms with Crippen LogP contribution in [0.25, 0.3) is 88.0 Å². The van der Waals surface area contributed by atoms with Crippen LogP contribution in [0.1, 0.15) is 0 Å². The molecule has 11 aromatic rings. The highest BCUT2D eigenvalue weighted by molar-refractivity contribution is 6.09. The Morgan fingerprint density at radius 2 is 0.828 bits per heavy atom. The molecule has 0 aliphatic carbocycles. The smallest absolute Gasteiger partial charge is 0.143 e. The van der Waals surface area contributed by atoms with Crippen molar-refractivity contribution in [2.75, 3.05) is 4.90 Å². The summed E-state index contributed by atoms with van der Waals surface area (Å²) in [6, 6.07) is 80.8. The molecule has 0 unspecified atom stereocenters. The van der Waals surface area contributed by atoms with E-state index in [1.807, 2.05) is 12.1 Å². The van der Waals surface area contributed by atoms with Crippen LogP contribution < -0.4 is 4.90 Å². The number of hydrogen-bond acceptors (Lipinski definition) is 2. The molecule has 0 amide bonds. The van der Waals surface area contributed by atoms with Gasteiger partial charge in [-0.25, -0.2) is 0 Å². The number of hydrogen-bond donors (Lipinski definition) is 0. The Morgan fingerprint density at radius 1 is 0.293 bits per heavy atom. The lowest BCUT2D eigenvalue weighted by molar-refractivity contribution is 0.670. The van der Waals surface area contributed by atoms with E-state index in [9.17, 15) is 0 Å². The maximum Gasteiger partial charge on any atom is 0.143 e. The molecule has 1 aromatic heterocycles. The van der Waals surface area contributed by atoms with Crippen LogP contribution in [0.4, 0.5) is 17.1 Å². The summed E-state index contributed by atoms with van der Waals surface area (Å²) < 4.78 is 6.44. The van der Waals surface area contributed by atoms with Crippen molar-refractivity contribution in [1.82, 2.24) is 0 Å². The third kappa shape index (κ3) is 6.00. The minimum atomic E-state index is 0.904. The van der Waals surface area contributed by atoms with E-state index in [-0.39, 0.29) is 0 Å². The summed E-state index contributed by atoms with van der Waals surface area (Å²) in [4.78, 5) is 2.39. The van der Waals surface area contributed by atoms with Crippen molar-refractivity contribution in [3.05, 3.63) is 224 Å². The molecule has 1 heterocycles. The third-order valence-electron chi connectivity index (χ3n) is 11.5. The van der Waals surface area contributed by atoms with E-state index in [4.69, 9.17) is 4.42 Å². The number of anilines is 3. The largest absolute Gasteiger partial charge is 0.455 e. The zero-order valence-electron chi connectivity index (χ0n) is 31.7. The predicted octanol–water partition coefficient (Wildman–Crippen LogP) is 16.0. The molecule has 0 saturated carbocycles. The van der Waals surface area contributed by atoms with E-state index < -0.39 is 0 Å². The van der Waals surface area contributed by atoms with Gasteiger partial charge in [-0.1, -0.05) is 176 Å². The molecule has 272 valence electrons. The number of furan rings is 1. The van der Waals surface area contributed by atoms with Crippen molar-refractivity contribution in [1.29, 1.82) is 0 Å². The summed E-state index contributed by atoms with van der Waals surface area (Å²) in [5.41, 5.74) is 14.3. The Kier molecular flexibility index (Phi) is 8.19. The van der Waals surface area contributed by atoms with Gasteiger partial charge in [0.05, 0.1) is 5.69 Å². The van der Waals surface area contributed by atoms with Crippen molar-refractivity contribution >= 4 is 60.5 Å². The first-order valence-corrected chi connectivity index (χ1v) is 19.8. The van der Waals surface area contributed by atoms with Crippen molar-refractivity contribution < 1.29 is 4.42 Å². The summed E-state index contributed by atoms with van der Waals surface area (Å²) in [5.74, 6) is 0. The van der Waals surface area contributed by atoms with Crippen LogP contribution >= 0.6 is 0 Å². The highest BCUT2D eigenvalue weighted by Gasteiger charge is 2.19. The molecule has 0 saturated heterocycles. The van der Waals surface area contributed by atoms with Crippen LogP contribution in [0.3, 0.4) is 0 Å². The first kappa shape index (κ1) is 33.6. The number of rotatable bonds is 7. The van der Waals surface area contributed by atoms with Crippen molar-refractivity contribution in [2.45, 2.75) is 0 Å². The van der Waals surface area contributed by atoms with E-state index in [0.717, 1.165) is 61.3 Å². The average molecular weight is 740 g/mol. The molecule has 2 nitrogen and oxygen atoms in total. The second-order valence-electron chi connectivity index (χ2n) is 14.9. The molecule has 0 N–H and O–H groups in total. The molecule has 0 aliphatic heterocycles. The number of nitrogens with zero attached hydrogens (tertiary/aromatic N) is 1. The molecule has 0 spiro atoms. The summed E-state index contributed by atoms with van der Waals surface area (Å²) in [7, 11) is 0. The van der Waals surface area contributed by atoms with Gasteiger partial charge in [0, 0.05) is 33.3 Å². The van der Waals surface area contributed by atoms with Gasteiger partial charge in [0.15, 0.2) is 0 Å². The second kappa shape index (κ2) is 14.1. The zero-order valence-corrected chi connectivity index (χ0v) is 31.7. The van der Waals surface area contributed by atoms with Gasteiger partial charge >= 0.3 is 0 Å². The maximum atomic E-state index is 6.44. The molecule has 0 aliphatic rings. The minimum Gasteiger partial charge on any atom is -0.455 e. The predicted molar refractivity (Wildman–Crippen MR) is 245 cm³/mol. The average Bonchev–Trinajstić information content (AvgIpc) is 3.69. The molecule has 10 aromatic carbocycles. The Balaban J connectivity index is 1.02. The van der Waals surface area contributed by atoms with Gasteiger partial charge in [-0.3, -0.25) is 0 Å². The van der Waals surface area contributed by atoms with Crippen molar-refractivity contribution in [3.8, 4) is 44.5 Å². The van der Waals surface area contributed by atoms with Gasteiger partial charge in [0.1, 0.15) is 11.2 Å². The molecular weight excluding hydrogens is 703 g/mol. The quantitative estimate of drug-likeness (QED) is 0.162. The zero-order chi connectivity index (χ0) is 38.4. The standard InChI is InChI=1S/C56H37NO/c1-3-13-43-35-46(29-27-38(43)11-1)41-25-23-40(24-26-41)45-15-9-16-49(37-45)57(54-21-7-5-17-50(54)47-30-28-39-12-2-4-14-44(39)36-47)48-33-31-42(32-34-48)51-19-10-20-53-52-18-6-8-22-55(52)58-56(51)53/h1-37H. The van der Waals surface area contributed by atoms with Crippen molar-refractivity contribution in [3.63, 3.8) is 0 Å². The van der Waals surface area contributed by atoms with Crippen LogP contribution in [-0.4, -0.2) is 0 Å². The lowest BCUT2D eigenvalue weighted by atomic mass is 9.97. The summed E-state index contributed by atoms with van der Waals surface area (Å²) in [5, 5.41) is 7.22. The molecule has 0 fully saturated rings. The van der Waals surface area contributed by atoms with Crippen molar-refractivity contribution in [2.24, 2.45) is 0 Å².